The first kappa shape index (κ1) is 9.01. The minimum Gasteiger partial charge on any atom is -0.317 e. The molecule has 0 heterocycles. The topological polar surface area (TPSA) is 15.3 Å². The number of hydrogen-bond acceptors (Lipinski definition) is 2. The third-order valence-corrected chi connectivity index (χ3v) is 2.79. The van der Waals surface area contributed by atoms with Crippen LogP contribution in [0.5, 0.6) is 0 Å². The maximum Gasteiger partial charge on any atom is 0.0104 e. The van der Waals surface area contributed by atoms with E-state index in [1.807, 2.05) is 0 Å². The summed E-state index contributed by atoms with van der Waals surface area (Å²) in [6.45, 7) is 0. The van der Waals surface area contributed by atoms with E-state index >= 15 is 0 Å². The largest absolute Gasteiger partial charge is 0.317 e. The summed E-state index contributed by atoms with van der Waals surface area (Å²) in [5.41, 5.74) is 0. The standard InChI is InChI=1S/C9H20N2/c1-10-8-5-4-6-9(7-8)11(2)3/h8-10H,4-7H2,1-3H3/t8-,9-/m0/s1. The van der Waals surface area contributed by atoms with Crippen molar-refractivity contribution >= 4 is 0 Å². The molecule has 0 aliphatic heterocycles. The Labute approximate surface area is 70.0 Å². The minimum absolute atomic E-state index is 0.760. The van der Waals surface area contributed by atoms with Crippen LogP contribution in [0.25, 0.3) is 0 Å². The van der Waals surface area contributed by atoms with E-state index in [2.05, 4.69) is 31.4 Å². The highest BCUT2D eigenvalue weighted by Crippen LogP contribution is 2.20. The predicted octanol–water partition coefficient (Wildman–Crippen LogP) is 1.08. The molecule has 1 fully saturated rings. The van der Waals surface area contributed by atoms with Gasteiger partial charge in [0.1, 0.15) is 0 Å². The summed E-state index contributed by atoms with van der Waals surface area (Å²) in [6.07, 6.45) is 5.45. The van der Waals surface area contributed by atoms with Gasteiger partial charge in [0.05, 0.1) is 0 Å². The Balaban J connectivity index is 2.33. The van der Waals surface area contributed by atoms with Gasteiger partial charge in [0.2, 0.25) is 0 Å². The monoisotopic (exact) mass is 156 g/mol. The molecule has 11 heavy (non-hydrogen) atoms. The highest BCUT2D eigenvalue weighted by atomic mass is 15.1. The number of nitrogens with one attached hydrogen (secondary N) is 1. The van der Waals surface area contributed by atoms with Crippen LogP contribution in [0.4, 0.5) is 0 Å². The number of rotatable bonds is 2. The van der Waals surface area contributed by atoms with E-state index in [9.17, 15) is 0 Å². The van der Waals surface area contributed by atoms with Gasteiger partial charge in [-0.25, -0.2) is 0 Å². The van der Waals surface area contributed by atoms with Crippen molar-refractivity contribution in [1.82, 2.24) is 10.2 Å². The van der Waals surface area contributed by atoms with E-state index in [4.69, 9.17) is 0 Å². The van der Waals surface area contributed by atoms with Gasteiger partial charge in [-0.1, -0.05) is 6.42 Å². The molecule has 0 amide bonds. The summed E-state index contributed by atoms with van der Waals surface area (Å²) in [7, 11) is 6.44. The average molecular weight is 156 g/mol. The fraction of sp³-hybridized carbons (Fsp3) is 1.00. The van der Waals surface area contributed by atoms with Crippen molar-refractivity contribution in [3.8, 4) is 0 Å². The third-order valence-electron chi connectivity index (χ3n) is 2.79. The van der Waals surface area contributed by atoms with Gasteiger partial charge in [-0.3, -0.25) is 0 Å². The van der Waals surface area contributed by atoms with Gasteiger partial charge in [-0.05, 0) is 40.4 Å². The quantitative estimate of drug-likeness (QED) is 0.643. The zero-order chi connectivity index (χ0) is 8.27. The first-order chi connectivity index (χ1) is 5.24. The molecule has 1 aliphatic rings. The summed E-state index contributed by atoms with van der Waals surface area (Å²) >= 11 is 0. The number of hydrogen-bond donors (Lipinski definition) is 1. The lowest BCUT2D eigenvalue weighted by atomic mass is 9.90. The molecule has 0 saturated heterocycles. The molecule has 2 nitrogen and oxygen atoms in total. The number of nitrogens with zero attached hydrogens (tertiary/aromatic N) is 1. The summed E-state index contributed by atoms with van der Waals surface area (Å²) in [4.78, 5) is 2.35. The van der Waals surface area contributed by atoms with Crippen LogP contribution in [0, 0.1) is 0 Å². The van der Waals surface area contributed by atoms with Crippen LogP contribution in [-0.4, -0.2) is 38.1 Å². The maximum atomic E-state index is 3.36. The van der Waals surface area contributed by atoms with Crippen molar-refractivity contribution in [1.29, 1.82) is 0 Å². The van der Waals surface area contributed by atoms with Crippen LogP contribution in [-0.2, 0) is 0 Å². The molecule has 0 aromatic carbocycles. The van der Waals surface area contributed by atoms with E-state index in [1.165, 1.54) is 25.7 Å². The average Bonchev–Trinajstić information content (AvgIpc) is 2.05. The van der Waals surface area contributed by atoms with Crippen molar-refractivity contribution in [3.63, 3.8) is 0 Å². The summed E-state index contributed by atoms with van der Waals surface area (Å²) in [5, 5.41) is 3.36. The lowest BCUT2D eigenvalue weighted by Gasteiger charge is -2.33. The van der Waals surface area contributed by atoms with Crippen molar-refractivity contribution < 1.29 is 0 Å². The molecule has 2 heteroatoms. The lowest BCUT2D eigenvalue weighted by molar-refractivity contribution is 0.203. The highest BCUT2D eigenvalue weighted by Gasteiger charge is 2.21. The van der Waals surface area contributed by atoms with Crippen molar-refractivity contribution in [2.75, 3.05) is 21.1 Å². The van der Waals surface area contributed by atoms with E-state index in [1.54, 1.807) is 0 Å². The molecule has 1 aliphatic carbocycles. The fourth-order valence-electron chi connectivity index (χ4n) is 1.90. The van der Waals surface area contributed by atoms with E-state index in [0.717, 1.165) is 12.1 Å². The Morgan fingerprint density at radius 1 is 1.27 bits per heavy atom. The van der Waals surface area contributed by atoms with Crippen LogP contribution in [0.3, 0.4) is 0 Å². The highest BCUT2D eigenvalue weighted by molar-refractivity contribution is 4.80. The molecular weight excluding hydrogens is 136 g/mol. The maximum absolute atomic E-state index is 3.36. The second kappa shape index (κ2) is 4.07. The molecule has 0 spiro atoms. The summed E-state index contributed by atoms with van der Waals surface area (Å²) in [6, 6.07) is 1.57. The van der Waals surface area contributed by atoms with Gasteiger partial charge in [0.15, 0.2) is 0 Å². The zero-order valence-electron chi connectivity index (χ0n) is 7.93. The third kappa shape index (κ3) is 2.46. The smallest absolute Gasteiger partial charge is 0.0104 e. The fourth-order valence-corrected chi connectivity index (χ4v) is 1.90. The van der Waals surface area contributed by atoms with Crippen molar-refractivity contribution in [3.05, 3.63) is 0 Å². The molecule has 1 N–H and O–H groups in total. The molecule has 1 saturated carbocycles. The lowest BCUT2D eigenvalue weighted by Crippen LogP contribution is -2.40. The Kier molecular flexibility index (Phi) is 3.34. The van der Waals surface area contributed by atoms with Gasteiger partial charge in [0, 0.05) is 12.1 Å². The zero-order valence-corrected chi connectivity index (χ0v) is 7.93. The molecule has 2 atom stereocenters. The van der Waals surface area contributed by atoms with Crippen molar-refractivity contribution in [2.45, 2.75) is 37.8 Å². The SMILES string of the molecule is CN[C@H]1CCC[C@H](N(C)C)C1. The second-order valence-corrected chi connectivity index (χ2v) is 3.77. The molecule has 0 aromatic heterocycles. The van der Waals surface area contributed by atoms with E-state index in [0.29, 0.717) is 0 Å². The Hall–Kier alpha value is -0.0800. The van der Waals surface area contributed by atoms with E-state index in [-0.39, 0.29) is 0 Å². The van der Waals surface area contributed by atoms with Gasteiger partial charge >= 0.3 is 0 Å². The van der Waals surface area contributed by atoms with Gasteiger partial charge < -0.3 is 10.2 Å². The second-order valence-electron chi connectivity index (χ2n) is 3.77. The van der Waals surface area contributed by atoms with Crippen LogP contribution in [0.1, 0.15) is 25.7 Å². The molecular formula is C9H20N2. The Bertz CT molecular complexity index is 112. The molecule has 0 radical (unpaired) electrons. The van der Waals surface area contributed by atoms with Crippen molar-refractivity contribution in [2.24, 2.45) is 0 Å². The van der Waals surface area contributed by atoms with E-state index < -0.39 is 0 Å². The first-order valence-corrected chi connectivity index (χ1v) is 4.57. The van der Waals surface area contributed by atoms with Gasteiger partial charge in [-0.15, -0.1) is 0 Å². The molecule has 66 valence electrons. The van der Waals surface area contributed by atoms with Crippen LogP contribution >= 0.6 is 0 Å². The normalized spacial score (nSPS) is 32.7. The van der Waals surface area contributed by atoms with Crippen LogP contribution < -0.4 is 5.32 Å². The summed E-state index contributed by atoms with van der Waals surface area (Å²) in [5.74, 6) is 0. The summed E-state index contributed by atoms with van der Waals surface area (Å²) < 4.78 is 0. The Morgan fingerprint density at radius 2 is 2.00 bits per heavy atom. The Morgan fingerprint density at radius 3 is 2.55 bits per heavy atom. The van der Waals surface area contributed by atoms with Crippen LogP contribution in [0.2, 0.25) is 0 Å². The molecule has 1 rings (SSSR count). The predicted molar refractivity (Wildman–Crippen MR) is 48.8 cm³/mol. The molecule has 0 unspecified atom stereocenters. The molecule has 0 bridgehead atoms. The van der Waals surface area contributed by atoms with Crippen LogP contribution in [0.15, 0.2) is 0 Å². The van der Waals surface area contributed by atoms with Gasteiger partial charge in [-0.2, -0.15) is 0 Å². The van der Waals surface area contributed by atoms with Gasteiger partial charge in [0.25, 0.3) is 0 Å². The minimum atomic E-state index is 0.760. The molecule has 0 aromatic rings. The first-order valence-electron chi connectivity index (χ1n) is 4.57.